The number of nitrogens with one attached hydrogen (secondary N) is 1. The molecule has 1 N–H and O–H groups in total. The van der Waals surface area contributed by atoms with Gasteiger partial charge in [-0.25, -0.2) is 0 Å². The summed E-state index contributed by atoms with van der Waals surface area (Å²) in [5.74, 6) is 0. The van der Waals surface area contributed by atoms with Gasteiger partial charge in [0.15, 0.2) is 0 Å². The Morgan fingerprint density at radius 1 is 0.867 bits per heavy atom. The number of thiocarbonyl (C=S) groups is 1. The third-order valence-corrected chi connectivity index (χ3v) is 4.15. The molecule has 0 saturated heterocycles. The fourth-order valence-electron chi connectivity index (χ4n) is 2.19. The first-order chi connectivity index (χ1) is 14.7. The topological polar surface area (TPSA) is 76.7 Å². The maximum absolute atomic E-state index is 8.65. The number of isothiocyanates is 1. The number of halogens is 2. The molecule has 0 bridgehead atoms. The van der Waals surface area contributed by atoms with Gasteiger partial charge in [-0.1, -0.05) is 0 Å². The van der Waals surface area contributed by atoms with Gasteiger partial charge in [0.1, 0.15) is 5.40 Å². The summed E-state index contributed by atoms with van der Waals surface area (Å²) in [5.41, 5.74) is 4.14. The van der Waals surface area contributed by atoms with Crippen molar-refractivity contribution in [1.82, 2.24) is 4.98 Å². The number of aromatic amines is 1. The van der Waals surface area contributed by atoms with Gasteiger partial charge in [0.2, 0.25) is 0 Å². The Kier molecular flexibility index (Phi) is 11.2. The molecule has 30 heavy (non-hydrogen) atoms. The van der Waals surface area contributed by atoms with Crippen LogP contribution in [-0.4, -0.2) is 22.6 Å². The summed E-state index contributed by atoms with van der Waals surface area (Å²) in [6, 6.07) is 18.7. The van der Waals surface area contributed by atoms with Crippen molar-refractivity contribution in [3.05, 3.63) is 72.1 Å². The summed E-state index contributed by atoms with van der Waals surface area (Å²) in [5, 5.41) is 13.0. The van der Waals surface area contributed by atoms with Crippen molar-refractivity contribution in [3.8, 4) is 5.40 Å². The van der Waals surface area contributed by atoms with E-state index in [0.717, 1.165) is 45.1 Å². The zero-order chi connectivity index (χ0) is 21.6. The van der Waals surface area contributed by atoms with Crippen LogP contribution in [0.25, 0.3) is 0 Å². The molecule has 0 spiro atoms. The monoisotopic (exact) mass is 513 g/mol. The Bertz CT molecular complexity index is 1080. The van der Waals surface area contributed by atoms with E-state index in [9.17, 15) is 0 Å². The van der Waals surface area contributed by atoms with E-state index >= 15 is 0 Å². The molecule has 0 unspecified atom stereocenters. The number of nitriles is 1. The average molecular weight is 514 g/mol. The minimum atomic E-state index is 0.194. The molecule has 0 aliphatic rings. The van der Waals surface area contributed by atoms with Crippen LogP contribution in [0.15, 0.2) is 80.5 Å². The van der Waals surface area contributed by atoms with Gasteiger partial charge < -0.3 is 4.98 Å². The second kappa shape index (κ2) is 13.9. The summed E-state index contributed by atoms with van der Waals surface area (Å²) >= 11 is 5.90. The number of thiocyanates is 1. The van der Waals surface area contributed by atoms with Crippen LogP contribution in [0.2, 0.25) is 0 Å². The molecule has 3 rings (SSSR count). The second-order valence-corrected chi connectivity index (χ2v) is 8.21. The van der Waals surface area contributed by atoms with Crippen molar-refractivity contribution in [1.29, 1.82) is 5.26 Å². The van der Waals surface area contributed by atoms with Crippen molar-refractivity contribution < 1.29 is 13.1 Å². The molecule has 1 heterocycles. The molecule has 0 radical (unpaired) electrons. The Morgan fingerprint density at radius 2 is 1.33 bits per heavy atom. The van der Waals surface area contributed by atoms with E-state index < -0.39 is 0 Å². The Labute approximate surface area is 198 Å². The van der Waals surface area contributed by atoms with E-state index in [2.05, 4.69) is 37.3 Å². The van der Waals surface area contributed by atoms with E-state index in [1.54, 1.807) is 12.4 Å². The molecule has 0 amide bonds. The van der Waals surface area contributed by atoms with Crippen LogP contribution in [0.1, 0.15) is 11.4 Å². The number of aliphatic imine (C=N–C) groups is 3. The predicted octanol–water partition coefficient (Wildman–Crippen LogP) is 7.20. The summed E-state index contributed by atoms with van der Waals surface area (Å²) < 4.78 is 0. The van der Waals surface area contributed by atoms with Gasteiger partial charge in [0, 0.05) is 4.90 Å². The quantitative estimate of drug-likeness (QED) is 0.124. The van der Waals surface area contributed by atoms with E-state index in [1.165, 1.54) is 0 Å². The van der Waals surface area contributed by atoms with Crippen LogP contribution in [0.3, 0.4) is 0 Å². The number of hydrogen-bond acceptors (Lipinski definition) is 6. The number of benzene rings is 2. The fraction of sp³-hybridized carbons (Fsp3) is 0. The van der Waals surface area contributed by atoms with Crippen LogP contribution < -0.4 is 0 Å². The maximum atomic E-state index is 8.65. The molecule has 1 aromatic heterocycles. The van der Waals surface area contributed by atoms with E-state index in [1.807, 2.05) is 66.1 Å². The number of rotatable bonds is 6. The third kappa shape index (κ3) is 8.66. The van der Waals surface area contributed by atoms with Crippen LogP contribution >= 0.6 is 44.2 Å². The first-order valence-corrected chi connectivity index (χ1v) is 12.4. The Morgan fingerprint density at radius 3 is 1.80 bits per heavy atom. The molecule has 0 atom stereocenters. The summed E-state index contributed by atoms with van der Waals surface area (Å²) in [4.78, 5) is 16.9. The first kappa shape index (κ1) is 24.1. The molecule has 3 aromatic rings. The standard InChI is InChI=1S/C20H13N5S2.2ClH.Fe/c21-13-27-20-9-7-16(8-10-20)23-12-19-6-5-18(25-19)11-22-15-1-3-17(4-2-15)24-14-26;;;/h1-12,25H;2*1H;/q;;;+2/p-2. The number of hydrogen-bond donors (Lipinski definition) is 1. The molecule has 0 fully saturated rings. The minimum absolute atomic E-state index is 0.194. The van der Waals surface area contributed by atoms with E-state index in [0.29, 0.717) is 0 Å². The van der Waals surface area contributed by atoms with E-state index in [-0.39, 0.29) is 13.1 Å². The summed E-state index contributed by atoms with van der Waals surface area (Å²) in [7, 11) is 9.53. The van der Waals surface area contributed by atoms with Gasteiger partial charge in [0.25, 0.3) is 0 Å². The van der Waals surface area contributed by atoms with Crippen molar-refractivity contribution >= 4 is 78.8 Å². The SMILES string of the molecule is N#CSc1ccc(N=Cc2ccc(C=Nc3ccc(N=C=S)cc3)[nH]2)cc1.[Cl][Fe][Cl]. The van der Waals surface area contributed by atoms with Crippen LogP contribution in [0, 0.1) is 10.7 Å². The zero-order valence-electron chi connectivity index (χ0n) is 15.1. The number of nitrogens with zero attached hydrogens (tertiary/aromatic N) is 4. The van der Waals surface area contributed by atoms with Gasteiger partial charge in [-0.3, -0.25) is 9.98 Å². The van der Waals surface area contributed by atoms with Crippen LogP contribution in [-0.2, 0) is 13.1 Å². The van der Waals surface area contributed by atoms with Gasteiger partial charge in [0.05, 0.1) is 46.0 Å². The molecular weight excluding hydrogens is 501 g/mol. The average Bonchev–Trinajstić information content (AvgIpc) is 3.22. The molecule has 10 heteroatoms. The van der Waals surface area contributed by atoms with Gasteiger partial charge >= 0.3 is 33.3 Å². The Balaban J connectivity index is 0.00000101. The molecule has 5 nitrogen and oxygen atoms in total. The first-order valence-electron chi connectivity index (χ1n) is 8.14. The van der Waals surface area contributed by atoms with Crippen molar-refractivity contribution in [2.45, 2.75) is 4.90 Å². The number of thioether (sulfide) groups is 1. The summed E-state index contributed by atoms with van der Waals surface area (Å²) in [6.07, 6.45) is 3.50. The van der Waals surface area contributed by atoms with Crippen LogP contribution in [0.4, 0.5) is 17.1 Å². The molecule has 0 aliphatic heterocycles. The van der Waals surface area contributed by atoms with Crippen molar-refractivity contribution in [2.24, 2.45) is 15.0 Å². The van der Waals surface area contributed by atoms with Gasteiger partial charge in [-0.15, -0.1) is 0 Å². The molecule has 0 aliphatic carbocycles. The Hall–Kier alpha value is -2.20. The number of aromatic nitrogens is 1. The van der Waals surface area contributed by atoms with Crippen molar-refractivity contribution in [3.63, 3.8) is 0 Å². The van der Waals surface area contributed by atoms with Crippen LogP contribution in [0.5, 0.6) is 0 Å². The number of H-pyrrole nitrogens is 1. The molecule has 152 valence electrons. The fourth-order valence-corrected chi connectivity index (χ4v) is 2.67. The summed E-state index contributed by atoms with van der Waals surface area (Å²) in [6.45, 7) is 0. The normalized spacial score (nSPS) is 10.4. The molecule has 0 saturated carbocycles. The predicted molar refractivity (Wildman–Crippen MR) is 126 cm³/mol. The van der Waals surface area contributed by atoms with Gasteiger partial charge in [-0.05, 0) is 84.6 Å². The van der Waals surface area contributed by atoms with E-state index in [4.69, 9.17) is 25.5 Å². The molecule has 2 aromatic carbocycles. The van der Waals surface area contributed by atoms with Gasteiger partial charge in [-0.2, -0.15) is 10.3 Å². The zero-order valence-corrected chi connectivity index (χ0v) is 19.4. The molecular formula is C20H13Cl2FeN5S2. The third-order valence-electron chi connectivity index (χ3n) is 3.46. The van der Waals surface area contributed by atoms with Crippen molar-refractivity contribution in [2.75, 3.05) is 0 Å². The second-order valence-electron chi connectivity index (χ2n) is 5.34.